The van der Waals surface area contributed by atoms with Crippen molar-refractivity contribution in [2.75, 3.05) is 13.2 Å². The Balaban J connectivity index is 0.000000490. The summed E-state index contributed by atoms with van der Waals surface area (Å²) in [5, 5.41) is 3.16. The molecule has 0 aliphatic carbocycles. The van der Waals surface area contributed by atoms with Crippen molar-refractivity contribution in [3.05, 3.63) is 0 Å². The van der Waals surface area contributed by atoms with Gasteiger partial charge in [0.1, 0.15) is 6.23 Å². The summed E-state index contributed by atoms with van der Waals surface area (Å²) >= 11 is 0. The molecule has 50 valence electrons. The van der Waals surface area contributed by atoms with Crippen molar-refractivity contribution in [2.45, 2.75) is 27.0 Å². The molecule has 0 radical (unpaired) electrons. The summed E-state index contributed by atoms with van der Waals surface area (Å²) in [7, 11) is 0. The highest BCUT2D eigenvalue weighted by atomic mass is 16.5. The van der Waals surface area contributed by atoms with Gasteiger partial charge in [-0.25, -0.2) is 0 Å². The second kappa shape index (κ2) is 3.87. The standard InChI is InChI=1S/C5H11NO.CH4/c1-5-6-3-2-4-7-5;/h5-6H,2-4H2,1H3;1H4. The third-order valence-electron chi connectivity index (χ3n) is 1.12. The third kappa shape index (κ3) is 2.28. The van der Waals surface area contributed by atoms with Gasteiger partial charge >= 0.3 is 0 Å². The zero-order valence-corrected chi connectivity index (χ0v) is 4.61. The summed E-state index contributed by atoms with van der Waals surface area (Å²) in [5.74, 6) is 0. The summed E-state index contributed by atoms with van der Waals surface area (Å²) in [5.41, 5.74) is 0. The van der Waals surface area contributed by atoms with Gasteiger partial charge in [0.25, 0.3) is 0 Å². The monoisotopic (exact) mass is 117 g/mol. The molecule has 1 rings (SSSR count). The van der Waals surface area contributed by atoms with Gasteiger partial charge in [0.05, 0.1) is 0 Å². The maximum Gasteiger partial charge on any atom is 0.105 e. The van der Waals surface area contributed by atoms with Crippen LogP contribution in [-0.2, 0) is 4.74 Å². The third-order valence-corrected chi connectivity index (χ3v) is 1.12. The largest absolute Gasteiger partial charge is 0.364 e. The van der Waals surface area contributed by atoms with Gasteiger partial charge in [-0.1, -0.05) is 7.43 Å². The van der Waals surface area contributed by atoms with Crippen molar-refractivity contribution in [3.63, 3.8) is 0 Å². The van der Waals surface area contributed by atoms with Gasteiger partial charge in [-0.2, -0.15) is 0 Å². The lowest BCUT2D eigenvalue weighted by Gasteiger charge is -2.19. The van der Waals surface area contributed by atoms with E-state index in [9.17, 15) is 0 Å². The van der Waals surface area contributed by atoms with Crippen LogP contribution in [0.15, 0.2) is 0 Å². The van der Waals surface area contributed by atoms with Crippen LogP contribution < -0.4 is 5.32 Å². The lowest BCUT2D eigenvalue weighted by Crippen LogP contribution is -2.35. The highest BCUT2D eigenvalue weighted by Crippen LogP contribution is 1.93. The molecule has 1 aliphatic heterocycles. The van der Waals surface area contributed by atoms with Crippen LogP contribution in [-0.4, -0.2) is 19.4 Å². The summed E-state index contributed by atoms with van der Waals surface area (Å²) < 4.78 is 5.17. The van der Waals surface area contributed by atoms with Gasteiger partial charge in [0.2, 0.25) is 0 Å². The molecular formula is C6H15NO. The van der Waals surface area contributed by atoms with E-state index in [0.717, 1.165) is 19.6 Å². The molecule has 1 saturated heterocycles. The number of rotatable bonds is 0. The van der Waals surface area contributed by atoms with E-state index in [1.807, 2.05) is 6.92 Å². The zero-order valence-electron chi connectivity index (χ0n) is 4.61. The maximum atomic E-state index is 5.17. The molecule has 1 unspecified atom stereocenters. The molecule has 2 nitrogen and oxygen atoms in total. The predicted octanol–water partition coefficient (Wildman–Crippen LogP) is 0.978. The average Bonchev–Trinajstić information content (AvgIpc) is 1.69. The summed E-state index contributed by atoms with van der Waals surface area (Å²) in [6.45, 7) is 4.06. The lowest BCUT2D eigenvalue weighted by molar-refractivity contribution is 0.0139. The zero-order chi connectivity index (χ0) is 5.11. The van der Waals surface area contributed by atoms with Crippen LogP contribution >= 0.6 is 0 Å². The summed E-state index contributed by atoms with van der Waals surface area (Å²) in [4.78, 5) is 0. The topological polar surface area (TPSA) is 21.3 Å². The van der Waals surface area contributed by atoms with Crippen LogP contribution in [0, 0.1) is 0 Å². The van der Waals surface area contributed by atoms with Crippen molar-refractivity contribution in [2.24, 2.45) is 0 Å². The Morgan fingerprint density at radius 1 is 1.62 bits per heavy atom. The molecule has 0 aromatic carbocycles. The fraction of sp³-hybridized carbons (Fsp3) is 1.00. The Morgan fingerprint density at radius 3 is 2.62 bits per heavy atom. The van der Waals surface area contributed by atoms with Crippen molar-refractivity contribution >= 4 is 0 Å². The average molecular weight is 117 g/mol. The molecule has 0 bridgehead atoms. The quantitative estimate of drug-likeness (QED) is 0.510. The number of hydrogen-bond donors (Lipinski definition) is 1. The second-order valence-electron chi connectivity index (χ2n) is 1.82. The van der Waals surface area contributed by atoms with Crippen molar-refractivity contribution in [1.29, 1.82) is 0 Å². The summed E-state index contributed by atoms with van der Waals surface area (Å²) in [6.07, 6.45) is 1.44. The molecule has 1 atom stereocenters. The molecule has 1 N–H and O–H groups in total. The van der Waals surface area contributed by atoms with Crippen molar-refractivity contribution < 1.29 is 4.74 Å². The minimum Gasteiger partial charge on any atom is -0.364 e. The van der Waals surface area contributed by atoms with E-state index < -0.39 is 0 Å². The van der Waals surface area contributed by atoms with E-state index in [0.29, 0.717) is 0 Å². The van der Waals surface area contributed by atoms with E-state index in [1.165, 1.54) is 0 Å². The minimum atomic E-state index is 0. The molecule has 0 aromatic heterocycles. The Morgan fingerprint density at radius 2 is 2.38 bits per heavy atom. The molecule has 1 heterocycles. The minimum absolute atomic E-state index is 0. The van der Waals surface area contributed by atoms with Crippen LogP contribution in [0.1, 0.15) is 20.8 Å². The highest BCUT2D eigenvalue weighted by molar-refractivity contribution is 4.54. The maximum absolute atomic E-state index is 5.17. The van der Waals surface area contributed by atoms with Crippen molar-refractivity contribution in [3.8, 4) is 0 Å². The number of hydrogen-bond acceptors (Lipinski definition) is 2. The fourth-order valence-electron chi connectivity index (χ4n) is 0.697. The Hall–Kier alpha value is -0.0800. The van der Waals surface area contributed by atoms with E-state index >= 15 is 0 Å². The Kier molecular flexibility index (Phi) is 3.83. The van der Waals surface area contributed by atoms with E-state index in [4.69, 9.17) is 4.74 Å². The molecule has 0 amide bonds. The van der Waals surface area contributed by atoms with Gasteiger partial charge in [-0.3, -0.25) is 5.32 Å². The van der Waals surface area contributed by atoms with Gasteiger partial charge in [0, 0.05) is 6.61 Å². The summed E-state index contributed by atoms with van der Waals surface area (Å²) in [6, 6.07) is 0. The van der Waals surface area contributed by atoms with Gasteiger partial charge < -0.3 is 4.74 Å². The van der Waals surface area contributed by atoms with Crippen LogP contribution in [0.3, 0.4) is 0 Å². The molecule has 0 spiro atoms. The normalized spacial score (nSPS) is 28.9. The number of nitrogens with one attached hydrogen (secondary N) is 1. The SMILES string of the molecule is C.CC1NCCCO1. The lowest BCUT2D eigenvalue weighted by atomic mass is 10.4. The van der Waals surface area contributed by atoms with Gasteiger partial charge in [-0.05, 0) is 19.9 Å². The molecular weight excluding hydrogens is 102 g/mol. The first-order chi connectivity index (χ1) is 3.39. The second-order valence-corrected chi connectivity index (χ2v) is 1.82. The number of ether oxygens (including phenoxy) is 1. The van der Waals surface area contributed by atoms with E-state index in [2.05, 4.69) is 5.32 Å². The smallest absolute Gasteiger partial charge is 0.105 e. The molecule has 1 aliphatic rings. The molecule has 0 saturated carbocycles. The van der Waals surface area contributed by atoms with Crippen molar-refractivity contribution in [1.82, 2.24) is 5.32 Å². The Labute approximate surface area is 51.2 Å². The predicted molar refractivity (Wildman–Crippen MR) is 34.8 cm³/mol. The van der Waals surface area contributed by atoms with Crippen LogP contribution in [0.5, 0.6) is 0 Å². The van der Waals surface area contributed by atoms with Crippen LogP contribution in [0.25, 0.3) is 0 Å². The Bertz CT molecular complexity index is 50.5. The first-order valence-electron chi connectivity index (χ1n) is 2.74. The molecule has 8 heavy (non-hydrogen) atoms. The van der Waals surface area contributed by atoms with E-state index in [1.54, 1.807) is 0 Å². The van der Waals surface area contributed by atoms with E-state index in [-0.39, 0.29) is 13.7 Å². The van der Waals surface area contributed by atoms with Crippen LogP contribution in [0.4, 0.5) is 0 Å². The van der Waals surface area contributed by atoms with Gasteiger partial charge in [0.15, 0.2) is 0 Å². The highest BCUT2D eigenvalue weighted by Gasteiger charge is 2.04. The van der Waals surface area contributed by atoms with Gasteiger partial charge in [-0.15, -0.1) is 0 Å². The van der Waals surface area contributed by atoms with Crippen LogP contribution in [0.2, 0.25) is 0 Å². The first kappa shape index (κ1) is 7.92. The fourth-order valence-corrected chi connectivity index (χ4v) is 0.697. The molecule has 1 fully saturated rings. The first-order valence-corrected chi connectivity index (χ1v) is 2.74. The molecule has 0 aromatic rings. The molecule has 2 heteroatoms.